The molecule has 0 fully saturated rings. The summed E-state index contributed by atoms with van der Waals surface area (Å²) in [6.07, 6.45) is 0. The molecule has 0 unspecified atom stereocenters. The quantitative estimate of drug-likeness (QED) is 0.401. The van der Waals surface area contributed by atoms with Crippen LogP contribution in [-0.2, 0) is 0 Å². The van der Waals surface area contributed by atoms with Gasteiger partial charge in [-0.3, -0.25) is 0 Å². The minimum Gasteiger partial charge on any atom is -0.372 e. The van der Waals surface area contributed by atoms with Crippen molar-refractivity contribution < 1.29 is 0 Å². The standard InChI is InChI=1S/C27H22N4/c1-3-31(4-2)21-15-13-20(14-16-21)30-27-24-11-7-5-9-22(24)26(19(17-28)18-29)23-10-6-8-12-25(23)27/h5-16H,3-4H2,1-2H3. The van der Waals surface area contributed by atoms with Crippen LogP contribution in [0.4, 0.5) is 11.4 Å². The highest BCUT2D eigenvalue weighted by molar-refractivity contribution is 6.22. The van der Waals surface area contributed by atoms with Crippen molar-refractivity contribution in [1.82, 2.24) is 0 Å². The summed E-state index contributed by atoms with van der Waals surface area (Å²) in [5.41, 5.74) is 7.24. The highest BCUT2D eigenvalue weighted by Gasteiger charge is 2.27. The van der Waals surface area contributed by atoms with Gasteiger partial charge < -0.3 is 4.90 Å². The van der Waals surface area contributed by atoms with E-state index in [1.54, 1.807) is 0 Å². The van der Waals surface area contributed by atoms with Gasteiger partial charge in [-0.05, 0) is 49.2 Å². The SMILES string of the molecule is CCN(CC)c1ccc(N=C2c3ccccc3C(=C(C#N)C#N)c3ccccc32)cc1. The lowest BCUT2D eigenvalue weighted by atomic mass is 9.79. The van der Waals surface area contributed by atoms with Crippen molar-refractivity contribution >= 4 is 22.7 Å². The van der Waals surface area contributed by atoms with Gasteiger partial charge in [0.1, 0.15) is 17.7 Å². The van der Waals surface area contributed by atoms with Gasteiger partial charge in [-0.15, -0.1) is 0 Å². The van der Waals surface area contributed by atoms with Crippen molar-refractivity contribution in [2.75, 3.05) is 18.0 Å². The van der Waals surface area contributed by atoms with Gasteiger partial charge in [0, 0.05) is 35.5 Å². The van der Waals surface area contributed by atoms with Crippen molar-refractivity contribution in [3.63, 3.8) is 0 Å². The zero-order valence-corrected chi connectivity index (χ0v) is 17.6. The van der Waals surface area contributed by atoms with Crippen LogP contribution in [0, 0.1) is 22.7 Å². The lowest BCUT2D eigenvalue weighted by Gasteiger charge is -2.24. The molecule has 4 nitrogen and oxygen atoms in total. The van der Waals surface area contributed by atoms with Gasteiger partial charge in [-0.2, -0.15) is 10.5 Å². The minimum absolute atomic E-state index is 0.113. The van der Waals surface area contributed by atoms with Crippen LogP contribution in [0.1, 0.15) is 36.1 Å². The Bertz CT molecular complexity index is 1200. The van der Waals surface area contributed by atoms with Gasteiger partial charge in [0.2, 0.25) is 0 Å². The normalized spacial score (nSPS) is 11.6. The molecular formula is C27H22N4. The number of hydrogen-bond donors (Lipinski definition) is 0. The van der Waals surface area contributed by atoms with Crippen LogP contribution in [0.25, 0.3) is 5.57 Å². The van der Waals surface area contributed by atoms with Crippen molar-refractivity contribution in [3.8, 4) is 12.1 Å². The molecule has 0 spiro atoms. The van der Waals surface area contributed by atoms with E-state index in [9.17, 15) is 10.5 Å². The van der Waals surface area contributed by atoms with Crippen LogP contribution in [0.3, 0.4) is 0 Å². The first-order valence-electron chi connectivity index (χ1n) is 10.4. The van der Waals surface area contributed by atoms with Crippen LogP contribution in [0.5, 0.6) is 0 Å². The number of aliphatic imine (C=N–C) groups is 1. The fraction of sp³-hybridized carbons (Fsp3) is 0.148. The van der Waals surface area contributed by atoms with E-state index in [1.807, 2.05) is 60.7 Å². The number of allylic oxidation sites excluding steroid dienone is 1. The second-order valence-corrected chi connectivity index (χ2v) is 7.21. The number of fused-ring (bicyclic) bond motifs is 2. The molecule has 31 heavy (non-hydrogen) atoms. The molecule has 150 valence electrons. The van der Waals surface area contributed by atoms with Crippen molar-refractivity contribution in [3.05, 3.63) is 101 Å². The molecule has 4 heteroatoms. The van der Waals surface area contributed by atoms with Crippen LogP contribution in [-0.4, -0.2) is 18.8 Å². The number of benzene rings is 3. The van der Waals surface area contributed by atoms with Gasteiger partial charge in [0.25, 0.3) is 0 Å². The average molecular weight is 403 g/mol. The molecule has 3 aromatic carbocycles. The van der Waals surface area contributed by atoms with Crippen molar-refractivity contribution in [2.45, 2.75) is 13.8 Å². The second-order valence-electron chi connectivity index (χ2n) is 7.21. The Morgan fingerprint density at radius 2 is 1.23 bits per heavy atom. The maximum Gasteiger partial charge on any atom is 0.138 e. The van der Waals surface area contributed by atoms with Crippen LogP contribution < -0.4 is 4.90 Å². The Morgan fingerprint density at radius 1 is 0.742 bits per heavy atom. The van der Waals surface area contributed by atoms with E-state index >= 15 is 0 Å². The fourth-order valence-electron chi connectivity index (χ4n) is 4.09. The first-order chi connectivity index (χ1) is 15.2. The van der Waals surface area contributed by atoms with Crippen molar-refractivity contribution in [2.24, 2.45) is 4.99 Å². The molecule has 0 aliphatic heterocycles. The molecule has 0 N–H and O–H groups in total. The summed E-state index contributed by atoms with van der Waals surface area (Å²) in [6.45, 7) is 6.21. The predicted molar refractivity (Wildman–Crippen MR) is 125 cm³/mol. The zero-order chi connectivity index (χ0) is 21.8. The molecule has 0 saturated heterocycles. The fourth-order valence-corrected chi connectivity index (χ4v) is 4.09. The number of anilines is 1. The lowest BCUT2D eigenvalue weighted by Crippen LogP contribution is -2.21. The monoisotopic (exact) mass is 402 g/mol. The number of rotatable bonds is 4. The first-order valence-corrected chi connectivity index (χ1v) is 10.4. The third kappa shape index (κ3) is 3.61. The average Bonchev–Trinajstić information content (AvgIpc) is 2.83. The number of nitrogens with zero attached hydrogens (tertiary/aromatic N) is 4. The topological polar surface area (TPSA) is 63.2 Å². The molecule has 0 amide bonds. The lowest BCUT2D eigenvalue weighted by molar-refractivity contribution is 0.866. The van der Waals surface area contributed by atoms with E-state index < -0.39 is 0 Å². The summed E-state index contributed by atoms with van der Waals surface area (Å²) in [5.74, 6) is 0. The van der Waals surface area contributed by atoms with Gasteiger partial charge in [-0.1, -0.05) is 48.5 Å². The Hall–Kier alpha value is -4.15. The molecule has 0 atom stereocenters. The Morgan fingerprint density at radius 3 is 1.68 bits per heavy atom. The third-order valence-electron chi connectivity index (χ3n) is 5.60. The maximum atomic E-state index is 9.58. The smallest absolute Gasteiger partial charge is 0.138 e. The summed E-state index contributed by atoms with van der Waals surface area (Å²) >= 11 is 0. The molecule has 3 aromatic rings. The summed E-state index contributed by atoms with van der Waals surface area (Å²) in [4.78, 5) is 7.30. The summed E-state index contributed by atoms with van der Waals surface area (Å²) in [5, 5.41) is 19.2. The molecule has 0 aromatic heterocycles. The van der Waals surface area contributed by atoms with Crippen molar-refractivity contribution in [1.29, 1.82) is 10.5 Å². The highest BCUT2D eigenvalue weighted by atomic mass is 15.1. The molecule has 4 rings (SSSR count). The summed E-state index contributed by atoms with van der Waals surface area (Å²) in [6, 6.07) is 28.1. The van der Waals surface area contributed by atoms with Gasteiger partial charge in [0.05, 0.1) is 11.4 Å². The second kappa shape index (κ2) is 8.69. The van der Waals surface area contributed by atoms with E-state index in [0.717, 1.165) is 46.7 Å². The Kier molecular flexibility index (Phi) is 5.65. The first kappa shape index (κ1) is 20.1. The molecule has 0 bridgehead atoms. The maximum absolute atomic E-state index is 9.58. The number of nitriles is 2. The molecule has 0 heterocycles. The molecule has 0 radical (unpaired) electrons. The third-order valence-corrected chi connectivity index (χ3v) is 5.60. The van der Waals surface area contributed by atoms with Gasteiger partial charge in [0.15, 0.2) is 0 Å². The predicted octanol–water partition coefficient (Wildman–Crippen LogP) is 5.86. The molecule has 0 saturated carbocycles. The highest BCUT2D eigenvalue weighted by Crippen LogP contribution is 2.38. The zero-order valence-electron chi connectivity index (χ0n) is 17.6. The van der Waals surface area contributed by atoms with E-state index in [2.05, 4.69) is 43.0 Å². The van der Waals surface area contributed by atoms with E-state index in [1.165, 1.54) is 5.69 Å². The Balaban J connectivity index is 1.91. The van der Waals surface area contributed by atoms with Crippen LogP contribution in [0.15, 0.2) is 83.4 Å². The molecule has 1 aliphatic rings. The summed E-state index contributed by atoms with van der Waals surface area (Å²) < 4.78 is 0. The molecule has 1 aliphatic carbocycles. The van der Waals surface area contributed by atoms with Gasteiger partial charge >= 0.3 is 0 Å². The largest absolute Gasteiger partial charge is 0.372 e. The number of hydrogen-bond acceptors (Lipinski definition) is 4. The summed E-state index contributed by atoms with van der Waals surface area (Å²) in [7, 11) is 0. The van der Waals surface area contributed by atoms with E-state index in [-0.39, 0.29) is 5.57 Å². The van der Waals surface area contributed by atoms with Crippen LogP contribution >= 0.6 is 0 Å². The minimum atomic E-state index is 0.113. The molecular weight excluding hydrogens is 380 g/mol. The van der Waals surface area contributed by atoms with Crippen LogP contribution in [0.2, 0.25) is 0 Å². The Labute approximate surface area is 183 Å². The van der Waals surface area contributed by atoms with Gasteiger partial charge in [-0.25, -0.2) is 4.99 Å². The van der Waals surface area contributed by atoms with E-state index in [4.69, 9.17) is 4.99 Å². The van der Waals surface area contributed by atoms with E-state index in [0.29, 0.717) is 5.57 Å².